The minimum Gasteiger partial charge on any atom is -0.394 e. The fourth-order valence-corrected chi connectivity index (χ4v) is 13.9. The van der Waals surface area contributed by atoms with Crippen molar-refractivity contribution in [2.45, 2.75) is 300 Å². The molecule has 0 saturated carbocycles. The maximum absolute atomic E-state index is 12.0. The van der Waals surface area contributed by atoms with Crippen LogP contribution in [0.2, 0.25) is 0 Å². The van der Waals surface area contributed by atoms with Gasteiger partial charge in [-0.15, -0.1) is 0 Å². The molecule has 7 fully saturated rings. The summed E-state index contributed by atoms with van der Waals surface area (Å²) in [6.45, 7) is 42.2. The van der Waals surface area contributed by atoms with Crippen LogP contribution >= 0.6 is 0 Å². The van der Waals surface area contributed by atoms with Gasteiger partial charge in [-0.2, -0.15) is 0 Å². The molecule has 0 bridgehead atoms. The van der Waals surface area contributed by atoms with Crippen molar-refractivity contribution in [3.63, 3.8) is 0 Å². The Kier molecular flexibility index (Phi) is 31.5. The molecule has 35 atom stereocenters. The van der Waals surface area contributed by atoms with Crippen LogP contribution in [0.25, 0.3) is 0 Å². The number of ether oxygens (including phenoxy) is 13. The third kappa shape index (κ3) is 16.4. The van der Waals surface area contributed by atoms with Crippen molar-refractivity contribution in [1.29, 1.82) is 0 Å². The van der Waals surface area contributed by atoms with E-state index in [1.54, 1.807) is 0 Å². The van der Waals surface area contributed by atoms with Crippen LogP contribution in [0.3, 0.4) is 0 Å². The van der Waals surface area contributed by atoms with E-state index in [4.69, 9.17) is 61.6 Å². The molecule has 7 rings (SSSR count). The van der Waals surface area contributed by atoms with E-state index in [0.29, 0.717) is 36.5 Å². The van der Waals surface area contributed by atoms with Gasteiger partial charge in [-0.05, 0) is 87.9 Å². The first-order valence-corrected chi connectivity index (χ1v) is 30.4. The summed E-state index contributed by atoms with van der Waals surface area (Å²) in [6, 6.07) is 0. The van der Waals surface area contributed by atoms with Gasteiger partial charge < -0.3 is 76.9 Å². The number of aliphatic hydroxyl groups is 3. The van der Waals surface area contributed by atoms with Gasteiger partial charge in [0.25, 0.3) is 0 Å². The largest absolute Gasteiger partial charge is 0.394 e. The van der Waals surface area contributed by atoms with Gasteiger partial charge in [-0.3, -0.25) is 0 Å². The van der Waals surface area contributed by atoms with Gasteiger partial charge in [0.2, 0.25) is 0 Å². The van der Waals surface area contributed by atoms with Crippen LogP contribution in [0.15, 0.2) is 0 Å². The Morgan fingerprint density at radius 1 is 0.266 bits per heavy atom. The van der Waals surface area contributed by atoms with E-state index < -0.39 is 67.9 Å². The van der Waals surface area contributed by atoms with Crippen LogP contribution in [-0.4, -0.2) is 157 Å². The van der Waals surface area contributed by atoms with E-state index in [-0.39, 0.29) is 260 Å². The Balaban J connectivity index is 0.00000448. The summed E-state index contributed by atoms with van der Waals surface area (Å²) < 4.78 is 86.9. The fourth-order valence-electron chi connectivity index (χ4n) is 13.9. The van der Waals surface area contributed by atoms with Crippen LogP contribution < -0.4 is 0 Å². The molecule has 0 aromatic rings. The first kappa shape index (κ1) is 75.1. The summed E-state index contributed by atoms with van der Waals surface area (Å²) in [6.07, 6.45) is -6.75. The second kappa shape index (κ2) is 33.1. The normalized spacial score (nSPS) is 52.5. The van der Waals surface area contributed by atoms with Crippen LogP contribution in [0.5, 0.6) is 0 Å². The molecule has 79 heavy (non-hydrogen) atoms. The number of hydrogen-bond acceptors (Lipinski definition) is 16. The summed E-state index contributed by atoms with van der Waals surface area (Å²) in [5, 5.41) is 34.6. The van der Waals surface area contributed by atoms with Gasteiger partial charge in [0.15, 0.2) is 37.7 Å². The molecule has 7 aliphatic heterocycles. The van der Waals surface area contributed by atoms with Crippen LogP contribution in [-0.2, 0) is 61.6 Å². The van der Waals surface area contributed by atoms with Crippen molar-refractivity contribution < 1.29 is 209 Å². The molecule has 0 amide bonds. The number of aliphatic hydroxyl groups excluding tert-OH is 3. The van der Waals surface area contributed by atoms with E-state index in [9.17, 15) is 15.3 Å². The molecule has 0 aromatic heterocycles. The fraction of sp³-hybridized carbons (Fsp3) is 1.00. The molecular weight excluding hydrogens is 1660 g/mol. The summed E-state index contributed by atoms with van der Waals surface area (Å²) in [7, 11) is 0. The van der Waals surface area contributed by atoms with Gasteiger partial charge in [0.05, 0.1) is 86.0 Å². The Labute approximate surface area is 584 Å². The average Bonchev–Trinajstić information content (AvgIpc) is 3.40. The Hall–Kier alpha value is 3.68. The summed E-state index contributed by atoms with van der Waals surface area (Å²) in [4.78, 5) is 0. The van der Waals surface area contributed by atoms with Gasteiger partial charge in [0.1, 0.15) is 18.3 Å². The molecule has 3 N–H and O–H groups in total. The van der Waals surface area contributed by atoms with Crippen molar-refractivity contribution in [3.8, 4) is 0 Å². The Morgan fingerprint density at radius 2 is 0.582 bits per heavy atom. The second-order valence-electron chi connectivity index (χ2n) is 25.5. The third-order valence-electron chi connectivity index (χ3n) is 21.0. The predicted molar refractivity (Wildman–Crippen MR) is 286 cm³/mol. The minimum absolute atomic E-state index is 0. The summed E-state index contributed by atoms with van der Waals surface area (Å²) in [5.41, 5.74) is 0. The first-order valence-electron chi connectivity index (χ1n) is 30.4. The van der Waals surface area contributed by atoms with E-state index in [2.05, 4.69) is 111 Å². The molecule has 7 aliphatic rings. The quantitative estimate of drug-likeness (QED) is 0.125. The van der Waals surface area contributed by atoms with Gasteiger partial charge >= 0.3 is 0 Å². The average molecular weight is 1770 g/mol. The van der Waals surface area contributed by atoms with Crippen molar-refractivity contribution in [2.75, 3.05) is 6.61 Å². The van der Waals surface area contributed by atoms with Crippen molar-refractivity contribution in [3.05, 3.63) is 0 Å². The van der Waals surface area contributed by atoms with Crippen molar-refractivity contribution in [1.82, 2.24) is 0 Å². The standard InChI is InChI=1S/C60H108O16.3Ac/c1-21-42-28(7)26(5)33(12)57(67-42)74-53-37(16)48(63)60(69-45(53)24-4)75-52-32(11)36(15)58(68-44(52)23-3)71-49-31(10)35(14)56(66-40(49)19)76-54-46(25-61)70-59(38(17)47(54)62)72-50-30(9)34(13)55(65-41(50)20)73-51-29(8)27(6)39(18)64-43(51)22-2;;;/h26-63H,21-25H2,1-20H3;;;/t26?,27?,28-,29+,30?,31+,32+,33?,34?,35?,36?,37?,38?,39-,40?,41-,42?,43?,44?,45?,46?,47?,48?,49+,50-,51+,52+,53-,54+,55+,56-,57+,58-,59+,60+;;;/m0.../s1. The topological polar surface area (TPSA) is 181 Å². The molecule has 7 heterocycles. The molecule has 0 aliphatic carbocycles. The Morgan fingerprint density at radius 3 is 1.04 bits per heavy atom. The second-order valence-corrected chi connectivity index (χ2v) is 25.5. The van der Waals surface area contributed by atoms with Gasteiger partial charge in [-0.1, -0.05) is 118 Å². The smallest absolute Gasteiger partial charge is 0.184 e. The van der Waals surface area contributed by atoms with Crippen LogP contribution in [0, 0.1) is 209 Å². The zero-order valence-electron chi connectivity index (χ0n) is 52.1. The minimum atomic E-state index is -1.02. The van der Waals surface area contributed by atoms with E-state index >= 15 is 0 Å². The van der Waals surface area contributed by atoms with E-state index in [0.717, 1.165) is 12.8 Å². The molecular formula is C60H108Ac3O16. The molecule has 0 spiro atoms. The van der Waals surface area contributed by atoms with Gasteiger partial charge in [0, 0.05) is 168 Å². The summed E-state index contributed by atoms with van der Waals surface area (Å²) >= 11 is 0. The first-order chi connectivity index (χ1) is 35.9. The molecule has 7 saturated heterocycles. The zero-order valence-corrected chi connectivity index (χ0v) is 66.4. The van der Waals surface area contributed by atoms with E-state index in [1.165, 1.54) is 0 Å². The maximum atomic E-state index is 12.0. The Bertz CT molecular complexity index is 1770. The molecule has 3 radical (unpaired) electrons. The molecule has 19 heteroatoms. The van der Waals surface area contributed by atoms with Gasteiger partial charge in [-0.25, -0.2) is 0 Å². The summed E-state index contributed by atoms with van der Waals surface area (Å²) in [5.74, 6) is 0.759. The number of hydrogen-bond donors (Lipinski definition) is 3. The molecule has 16 nitrogen and oxygen atoms in total. The van der Waals surface area contributed by atoms with E-state index in [1.807, 2.05) is 27.7 Å². The van der Waals surface area contributed by atoms with Crippen LogP contribution in [0.1, 0.15) is 164 Å². The predicted octanol–water partition coefficient (Wildman–Crippen LogP) is 9.10. The van der Waals surface area contributed by atoms with Crippen LogP contribution in [0.4, 0.5) is 0 Å². The molecule has 453 valence electrons. The SMILES string of the molecule is CCC1O[C@H](O[C@@H]2C(CC)O[C@H](O[C@H]3C(CC)O[C@@H](O[C@H]4C(C)O[C@@H](O[C@@H]5C(CO)O[C@H](O[C@H]6C(C)C(C)[C@@H](O[C@H]7C(CC)O[C@@H](C)C(C)[C@H]7C)O[C@H]6C)C(C)C5O)C(C)[C@H]4C)C(C)[C@H]3C)C(O)C2C)C(C)C(C)[C@@H]1C.[Ac].[Ac].[Ac]. The zero-order chi connectivity index (χ0) is 55.9. The number of rotatable bonds is 17. The monoisotopic (exact) mass is 1770 g/mol. The third-order valence-corrected chi connectivity index (χ3v) is 21.0. The molecule has 0 aromatic carbocycles. The van der Waals surface area contributed by atoms with Crippen molar-refractivity contribution >= 4 is 0 Å². The maximum Gasteiger partial charge on any atom is 0.184 e. The van der Waals surface area contributed by atoms with Crippen molar-refractivity contribution in [2.24, 2.45) is 76.9 Å². The molecule has 17 unspecified atom stereocenters.